The van der Waals surface area contributed by atoms with Crippen LogP contribution in [-0.2, 0) is 10.0 Å². The van der Waals surface area contributed by atoms with E-state index in [4.69, 9.17) is 4.74 Å². The molecule has 2 rings (SSSR count). The van der Waals surface area contributed by atoms with Crippen LogP contribution >= 0.6 is 0 Å². The Labute approximate surface area is 150 Å². The van der Waals surface area contributed by atoms with E-state index in [1.807, 2.05) is 0 Å². The van der Waals surface area contributed by atoms with E-state index in [9.17, 15) is 23.6 Å². The van der Waals surface area contributed by atoms with E-state index in [2.05, 4.69) is 4.99 Å². The number of benzene rings is 2. The lowest BCUT2D eigenvalue weighted by atomic mass is 10.2. The van der Waals surface area contributed by atoms with Crippen LogP contribution in [0.15, 0.2) is 46.3 Å². The molecule has 0 unspecified atom stereocenters. The molecular formula is C16H16N3O6S-. The molecule has 0 aliphatic carbocycles. The largest absolute Gasteiger partial charge is 0.872 e. The number of nitro benzene ring substituents is 1. The number of hydrogen-bond donors (Lipinski definition) is 0. The lowest BCUT2D eigenvalue weighted by molar-refractivity contribution is -0.385. The fourth-order valence-corrected chi connectivity index (χ4v) is 2.95. The summed E-state index contributed by atoms with van der Waals surface area (Å²) < 4.78 is 30.7. The van der Waals surface area contributed by atoms with E-state index >= 15 is 0 Å². The highest BCUT2D eigenvalue weighted by Gasteiger charge is 2.18. The van der Waals surface area contributed by atoms with Crippen molar-refractivity contribution in [2.24, 2.45) is 4.99 Å². The Hall–Kier alpha value is -2.98. The second kappa shape index (κ2) is 7.50. The molecule has 9 nitrogen and oxygen atoms in total. The molecule has 2 aromatic rings. The van der Waals surface area contributed by atoms with Gasteiger partial charge in [-0.3, -0.25) is 15.1 Å². The second-order valence-corrected chi connectivity index (χ2v) is 7.51. The van der Waals surface area contributed by atoms with Crippen molar-refractivity contribution in [3.8, 4) is 11.5 Å². The Morgan fingerprint density at radius 1 is 1.19 bits per heavy atom. The highest BCUT2D eigenvalue weighted by atomic mass is 32.2. The average molecular weight is 378 g/mol. The summed E-state index contributed by atoms with van der Waals surface area (Å²) in [4.78, 5) is 14.3. The normalized spacial score (nSPS) is 11.8. The number of methoxy groups -OCH3 is 1. The highest BCUT2D eigenvalue weighted by molar-refractivity contribution is 7.89. The van der Waals surface area contributed by atoms with Gasteiger partial charge in [-0.15, -0.1) is 0 Å². The summed E-state index contributed by atoms with van der Waals surface area (Å²) in [7, 11) is 0.505. The molecule has 0 aromatic heterocycles. The highest BCUT2D eigenvalue weighted by Crippen LogP contribution is 2.31. The Bertz CT molecular complexity index is 970. The average Bonchev–Trinajstić information content (AvgIpc) is 2.60. The van der Waals surface area contributed by atoms with Crippen LogP contribution in [0.5, 0.6) is 11.5 Å². The second-order valence-electron chi connectivity index (χ2n) is 5.36. The minimum Gasteiger partial charge on any atom is -0.872 e. The lowest BCUT2D eigenvalue weighted by Gasteiger charge is -2.13. The number of nitrogens with zero attached hydrogens (tertiary/aromatic N) is 3. The molecule has 0 amide bonds. The number of sulfonamides is 1. The van der Waals surface area contributed by atoms with Gasteiger partial charge in [0, 0.05) is 32.4 Å². The maximum Gasteiger partial charge on any atom is 0.270 e. The maximum absolute atomic E-state index is 12.2. The monoisotopic (exact) mass is 378 g/mol. The van der Waals surface area contributed by atoms with Gasteiger partial charge in [-0.2, -0.15) is 0 Å². The van der Waals surface area contributed by atoms with Crippen molar-refractivity contribution in [2.45, 2.75) is 4.90 Å². The van der Waals surface area contributed by atoms with Crippen LogP contribution in [-0.4, -0.2) is 45.1 Å². The molecule has 0 heterocycles. The smallest absolute Gasteiger partial charge is 0.270 e. The Morgan fingerprint density at radius 2 is 1.88 bits per heavy atom. The SMILES string of the molecule is COc1ccc(S(=O)(=O)N(C)C)cc1N=Cc1cc([N+](=O)[O-])ccc1[O-]. The van der Waals surface area contributed by atoms with Gasteiger partial charge in [0.15, 0.2) is 0 Å². The van der Waals surface area contributed by atoms with Gasteiger partial charge < -0.3 is 9.84 Å². The first kappa shape index (κ1) is 19.3. The molecule has 0 aliphatic heterocycles. The van der Waals surface area contributed by atoms with Crippen molar-refractivity contribution in [3.05, 3.63) is 52.1 Å². The number of aliphatic imine (C=N–C) groups is 1. The maximum atomic E-state index is 12.2. The molecule has 26 heavy (non-hydrogen) atoms. The van der Waals surface area contributed by atoms with Gasteiger partial charge in [-0.1, -0.05) is 11.8 Å². The first-order chi connectivity index (χ1) is 12.2. The molecule has 0 saturated carbocycles. The van der Waals surface area contributed by atoms with Crippen LogP contribution in [0.25, 0.3) is 0 Å². The molecule has 0 radical (unpaired) electrons. The molecule has 0 aliphatic rings. The van der Waals surface area contributed by atoms with Gasteiger partial charge >= 0.3 is 0 Å². The van der Waals surface area contributed by atoms with E-state index in [1.165, 1.54) is 39.4 Å². The zero-order valence-electron chi connectivity index (χ0n) is 14.2. The molecule has 0 fully saturated rings. The summed E-state index contributed by atoms with van der Waals surface area (Å²) in [5, 5.41) is 22.7. The standard InChI is InChI=1S/C16H17N3O6S/c1-18(2)26(23,24)13-5-7-16(25-3)14(9-13)17-10-11-8-12(19(21)22)4-6-15(11)20/h4-10,20H,1-3H3/p-1. The molecule has 0 bridgehead atoms. The van der Waals surface area contributed by atoms with Gasteiger partial charge in [0.1, 0.15) is 11.4 Å². The summed E-state index contributed by atoms with van der Waals surface area (Å²) in [6.45, 7) is 0. The predicted molar refractivity (Wildman–Crippen MR) is 93.7 cm³/mol. The first-order valence-electron chi connectivity index (χ1n) is 7.27. The van der Waals surface area contributed by atoms with Crippen LogP contribution in [0.2, 0.25) is 0 Å². The van der Waals surface area contributed by atoms with Crippen LogP contribution < -0.4 is 9.84 Å². The van der Waals surface area contributed by atoms with Gasteiger partial charge in [-0.05, 0) is 23.8 Å². The Kier molecular flexibility index (Phi) is 5.58. The zero-order valence-corrected chi connectivity index (χ0v) is 15.1. The molecule has 0 N–H and O–H groups in total. The molecule has 0 saturated heterocycles. The summed E-state index contributed by atoms with van der Waals surface area (Å²) in [6.07, 6.45) is 1.14. The topological polar surface area (TPSA) is 125 Å². The number of rotatable bonds is 6. The van der Waals surface area contributed by atoms with Crippen molar-refractivity contribution >= 4 is 27.6 Å². The minimum atomic E-state index is -3.68. The van der Waals surface area contributed by atoms with E-state index in [1.54, 1.807) is 0 Å². The van der Waals surface area contributed by atoms with Crippen LogP contribution in [0.1, 0.15) is 5.56 Å². The number of nitro groups is 1. The fraction of sp³-hybridized carbons (Fsp3) is 0.188. The van der Waals surface area contributed by atoms with Crippen molar-refractivity contribution in [3.63, 3.8) is 0 Å². The van der Waals surface area contributed by atoms with Crippen molar-refractivity contribution in [1.29, 1.82) is 0 Å². The lowest BCUT2D eigenvalue weighted by Crippen LogP contribution is -2.22. The van der Waals surface area contributed by atoms with Gasteiger partial charge in [-0.25, -0.2) is 12.7 Å². The van der Waals surface area contributed by atoms with E-state index < -0.39 is 20.7 Å². The van der Waals surface area contributed by atoms with Crippen molar-refractivity contribution < 1.29 is 23.2 Å². The van der Waals surface area contributed by atoms with Crippen molar-refractivity contribution in [1.82, 2.24) is 4.31 Å². The van der Waals surface area contributed by atoms with Crippen LogP contribution in [0.4, 0.5) is 11.4 Å². The number of hydrogen-bond acceptors (Lipinski definition) is 7. The number of ether oxygens (including phenoxy) is 1. The zero-order chi connectivity index (χ0) is 19.5. The van der Waals surface area contributed by atoms with Gasteiger partial charge in [0.05, 0.1) is 16.9 Å². The summed E-state index contributed by atoms with van der Waals surface area (Å²) in [5.74, 6) is -0.160. The van der Waals surface area contributed by atoms with E-state index in [-0.39, 0.29) is 27.6 Å². The third kappa shape index (κ3) is 3.98. The van der Waals surface area contributed by atoms with Gasteiger partial charge in [0.25, 0.3) is 5.69 Å². The number of non-ortho nitro benzene ring substituents is 1. The van der Waals surface area contributed by atoms with Crippen molar-refractivity contribution in [2.75, 3.05) is 21.2 Å². The molecule has 10 heteroatoms. The fourth-order valence-electron chi connectivity index (χ4n) is 2.03. The van der Waals surface area contributed by atoms with E-state index in [0.29, 0.717) is 0 Å². The Morgan fingerprint density at radius 3 is 2.46 bits per heavy atom. The summed E-state index contributed by atoms with van der Waals surface area (Å²) >= 11 is 0. The molecule has 138 valence electrons. The van der Waals surface area contributed by atoms with E-state index in [0.717, 1.165) is 28.7 Å². The van der Waals surface area contributed by atoms with Crippen LogP contribution in [0, 0.1) is 10.1 Å². The first-order valence-corrected chi connectivity index (χ1v) is 8.71. The molecule has 2 aromatic carbocycles. The third-order valence-corrected chi connectivity index (χ3v) is 5.29. The quantitative estimate of drug-likeness (QED) is 0.428. The molecule has 0 spiro atoms. The van der Waals surface area contributed by atoms with Gasteiger partial charge in [0.2, 0.25) is 10.0 Å². The third-order valence-electron chi connectivity index (χ3n) is 3.48. The molecule has 0 atom stereocenters. The summed E-state index contributed by atoms with van der Waals surface area (Å²) in [5.41, 5.74) is -0.0783. The minimum absolute atomic E-state index is 0.00197. The predicted octanol–water partition coefficient (Wildman–Crippen LogP) is 1.68. The Balaban J connectivity index is 2.50. The van der Waals surface area contributed by atoms with Crippen LogP contribution in [0.3, 0.4) is 0 Å². The molecular weight excluding hydrogens is 362 g/mol. The summed E-state index contributed by atoms with van der Waals surface area (Å²) in [6, 6.07) is 7.38.